The molecule has 0 saturated carbocycles. The Kier molecular flexibility index (Phi) is 7.68. The molecule has 1 aromatic carbocycles. The molecule has 0 saturated heterocycles. The van der Waals surface area contributed by atoms with Crippen LogP contribution in [0.15, 0.2) is 36.1 Å². The third-order valence-electron chi connectivity index (χ3n) is 3.36. The maximum Gasteiger partial charge on any atom is 0.256 e. The van der Waals surface area contributed by atoms with Gasteiger partial charge in [-0.15, -0.1) is 5.57 Å². The summed E-state index contributed by atoms with van der Waals surface area (Å²) in [5.41, 5.74) is 0.311. The molecule has 0 N–H and O–H groups in total. The number of rotatable bonds is 5. The van der Waals surface area contributed by atoms with Crippen molar-refractivity contribution in [2.75, 3.05) is 13.2 Å². The SMILES string of the molecule is C=C1C(C)=C[C-]=C(c2c(F)cc(OCC)cc2F)N1CC(F)F.[Y]. The van der Waals surface area contributed by atoms with E-state index >= 15 is 0 Å². The number of hydrogen-bond donors (Lipinski definition) is 0. The quantitative estimate of drug-likeness (QED) is 0.517. The van der Waals surface area contributed by atoms with Crippen molar-refractivity contribution < 1.29 is 55.0 Å². The van der Waals surface area contributed by atoms with Crippen molar-refractivity contribution in [3.8, 4) is 5.75 Å². The van der Waals surface area contributed by atoms with Gasteiger partial charge in [-0.05, 0) is 18.2 Å². The van der Waals surface area contributed by atoms with E-state index in [1.165, 1.54) is 6.08 Å². The molecule has 7 heteroatoms. The predicted molar refractivity (Wildman–Crippen MR) is 79.8 cm³/mol. The van der Waals surface area contributed by atoms with Crippen molar-refractivity contribution in [2.45, 2.75) is 20.3 Å². The van der Waals surface area contributed by atoms with E-state index in [1.807, 2.05) is 0 Å². The Morgan fingerprint density at radius 3 is 2.33 bits per heavy atom. The average Bonchev–Trinajstić information content (AvgIpc) is 2.45. The van der Waals surface area contributed by atoms with E-state index in [1.54, 1.807) is 13.8 Å². The van der Waals surface area contributed by atoms with Crippen LogP contribution in [0.2, 0.25) is 0 Å². The third-order valence-corrected chi connectivity index (χ3v) is 3.36. The van der Waals surface area contributed by atoms with Crippen LogP contribution in [0.1, 0.15) is 19.4 Å². The first-order valence-corrected chi connectivity index (χ1v) is 7.02. The fourth-order valence-electron chi connectivity index (χ4n) is 2.26. The number of nitrogens with zero attached hydrogens (tertiary/aromatic N) is 1. The molecule has 0 amide bonds. The molecular formula is C17H16F4NOY-. The van der Waals surface area contributed by atoms with Crippen LogP contribution in [0.4, 0.5) is 17.6 Å². The Labute approximate surface area is 163 Å². The molecule has 1 radical (unpaired) electrons. The molecule has 1 heterocycles. The topological polar surface area (TPSA) is 12.5 Å². The van der Waals surface area contributed by atoms with Crippen molar-refractivity contribution >= 4 is 5.70 Å². The number of ether oxygens (including phenoxy) is 1. The van der Waals surface area contributed by atoms with Crippen LogP contribution in [0.5, 0.6) is 5.75 Å². The zero-order valence-electron chi connectivity index (χ0n) is 13.4. The molecule has 0 atom stereocenters. The van der Waals surface area contributed by atoms with E-state index in [9.17, 15) is 17.6 Å². The Bertz CT molecular complexity index is 662. The summed E-state index contributed by atoms with van der Waals surface area (Å²) < 4.78 is 59.3. The van der Waals surface area contributed by atoms with Crippen molar-refractivity contribution in [3.05, 3.63) is 59.3 Å². The first-order chi connectivity index (χ1) is 10.8. The zero-order chi connectivity index (χ0) is 17.1. The van der Waals surface area contributed by atoms with Crippen LogP contribution in [0, 0.1) is 17.7 Å². The van der Waals surface area contributed by atoms with E-state index in [0.29, 0.717) is 5.57 Å². The van der Waals surface area contributed by atoms with Gasteiger partial charge in [-0.2, -0.15) is 12.2 Å². The van der Waals surface area contributed by atoms with Gasteiger partial charge in [0.1, 0.15) is 5.75 Å². The van der Waals surface area contributed by atoms with Crippen LogP contribution in [0.3, 0.4) is 0 Å². The second-order valence-electron chi connectivity index (χ2n) is 4.96. The standard InChI is InChI=1S/C17H16F4NO.Y/c1-4-23-12-7-13(18)17(14(19)8-12)15-6-5-10(2)11(3)22(15)9-16(20)21;/h5,7-8,16H,3-4,9H2,1-2H3;/q-1;. The molecule has 0 aliphatic carbocycles. The van der Waals surface area contributed by atoms with Gasteiger partial charge in [-0.1, -0.05) is 19.2 Å². The Balaban J connectivity index is 0.00000288. The molecule has 1 aromatic rings. The summed E-state index contributed by atoms with van der Waals surface area (Å²) >= 11 is 0. The minimum Gasteiger partial charge on any atom is -0.494 e. The fraction of sp³-hybridized carbons (Fsp3) is 0.294. The maximum atomic E-state index is 14.3. The molecule has 0 unspecified atom stereocenters. The van der Waals surface area contributed by atoms with E-state index in [0.717, 1.165) is 17.0 Å². The summed E-state index contributed by atoms with van der Waals surface area (Å²) in [5.74, 6) is -1.78. The molecule has 0 spiro atoms. The Morgan fingerprint density at radius 1 is 1.25 bits per heavy atom. The molecule has 24 heavy (non-hydrogen) atoms. The van der Waals surface area contributed by atoms with E-state index < -0.39 is 30.2 Å². The van der Waals surface area contributed by atoms with Gasteiger partial charge in [-0.3, -0.25) is 0 Å². The van der Waals surface area contributed by atoms with Crippen LogP contribution < -0.4 is 4.74 Å². The van der Waals surface area contributed by atoms with Crippen molar-refractivity contribution in [2.24, 2.45) is 0 Å². The van der Waals surface area contributed by atoms with Gasteiger partial charge in [0.2, 0.25) is 0 Å². The number of halogens is 4. The molecule has 2 rings (SSSR count). The summed E-state index contributed by atoms with van der Waals surface area (Å²) in [7, 11) is 0. The number of hydrogen-bond acceptors (Lipinski definition) is 2. The molecule has 127 valence electrons. The number of allylic oxidation sites excluding steroid dienone is 3. The van der Waals surface area contributed by atoms with Crippen molar-refractivity contribution in [3.63, 3.8) is 0 Å². The summed E-state index contributed by atoms with van der Waals surface area (Å²) in [6.07, 6.45) is 1.45. The van der Waals surface area contributed by atoms with Gasteiger partial charge in [0, 0.05) is 44.8 Å². The molecule has 0 bridgehead atoms. The Hall–Kier alpha value is -1.14. The molecule has 0 aromatic heterocycles. The summed E-state index contributed by atoms with van der Waals surface area (Å²) in [6.45, 7) is 6.58. The zero-order valence-corrected chi connectivity index (χ0v) is 16.2. The Morgan fingerprint density at radius 2 is 1.83 bits per heavy atom. The van der Waals surface area contributed by atoms with E-state index in [-0.39, 0.29) is 56.5 Å². The molecule has 0 fully saturated rings. The van der Waals surface area contributed by atoms with Crippen LogP contribution in [0.25, 0.3) is 5.70 Å². The fourth-order valence-corrected chi connectivity index (χ4v) is 2.26. The largest absolute Gasteiger partial charge is 0.494 e. The van der Waals surface area contributed by atoms with Crippen LogP contribution in [-0.2, 0) is 32.7 Å². The van der Waals surface area contributed by atoms with Gasteiger partial charge >= 0.3 is 0 Å². The monoisotopic (exact) mass is 415 g/mol. The number of benzene rings is 1. The summed E-state index contributed by atoms with van der Waals surface area (Å²) in [4.78, 5) is 1.07. The molecule has 1 aliphatic rings. The van der Waals surface area contributed by atoms with Gasteiger partial charge in [0.15, 0.2) is 0 Å². The second kappa shape index (κ2) is 8.81. The van der Waals surface area contributed by atoms with Gasteiger partial charge < -0.3 is 9.64 Å². The first kappa shape index (κ1) is 20.9. The third kappa shape index (κ3) is 4.48. The van der Waals surface area contributed by atoms with E-state index in [2.05, 4.69) is 12.7 Å². The van der Waals surface area contributed by atoms with Crippen molar-refractivity contribution in [1.29, 1.82) is 0 Å². The first-order valence-electron chi connectivity index (χ1n) is 7.02. The van der Waals surface area contributed by atoms with Gasteiger partial charge in [0.05, 0.1) is 24.8 Å². The number of alkyl halides is 2. The van der Waals surface area contributed by atoms with Crippen LogP contribution >= 0.6 is 0 Å². The minimum absolute atomic E-state index is 0. The summed E-state index contributed by atoms with van der Waals surface area (Å²) in [6, 6.07) is 2.04. The molecular weight excluding hydrogens is 399 g/mol. The molecule has 1 aliphatic heterocycles. The smallest absolute Gasteiger partial charge is 0.256 e. The van der Waals surface area contributed by atoms with Gasteiger partial charge in [-0.25, -0.2) is 17.6 Å². The normalized spacial score (nSPS) is 14.3. The van der Waals surface area contributed by atoms with Crippen molar-refractivity contribution in [1.82, 2.24) is 4.90 Å². The predicted octanol–water partition coefficient (Wildman–Crippen LogP) is 4.55. The second-order valence-corrected chi connectivity index (χ2v) is 4.96. The van der Waals surface area contributed by atoms with E-state index in [4.69, 9.17) is 4.74 Å². The minimum atomic E-state index is -2.69. The van der Waals surface area contributed by atoms with Gasteiger partial charge in [0.25, 0.3) is 6.43 Å². The average molecular weight is 415 g/mol. The summed E-state index contributed by atoms with van der Waals surface area (Å²) in [5, 5.41) is 0. The maximum absolute atomic E-state index is 14.3. The molecule has 2 nitrogen and oxygen atoms in total. The van der Waals surface area contributed by atoms with Crippen LogP contribution in [-0.4, -0.2) is 24.5 Å².